The van der Waals surface area contributed by atoms with E-state index in [4.69, 9.17) is 14.2 Å². The van der Waals surface area contributed by atoms with Crippen LogP contribution in [0, 0.1) is 0 Å². The molecule has 2 N–H and O–H groups in total. The van der Waals surface area contributed by atoms with Crippen LogP contribution in [-0.4, -0.2) is 39.8 Å². The van der Waals surface area contributed by atoms with E-state index < -0.39 is 0 Å². The van der Waals surface area contributed by atoms with E-state index in [1.54, 1.807) is 25.6 Å². The quantitative estimate of drug-likeness (QED) is 0.749. The van der Waals surface area contributed by atoms with Gasteiger partial charge < -0.3 is 24.8 Å². The Bertz CT molecular complexity index is 864. The number of thiophene rings is 1. The molecule has 158 valence electrons. The molecule has 2 aromatic rings. The van der Waals surface area contributed by atoms with E-state index in [1.807, 2.05) is 18.2 Å². The number of halogens is 1. The molecule has 0 radical (unpaired) electrons. The van der Waals surface area contributed by atoms with Gasteiger partial charge in [-0.05, 0) is 55.3 Å². The minimum Gasteiger partial charge on any atom is -0.493 e. The maximum Gasteiger partial charge on any atom is 0.261 e. The number of carbonyl (C=O) groups is 1. The molecule has 1 aromatic heterocycles. The van der Waals surface area contributed by atoms with Crippen LogP contribution in [0.3, 0.4) is 0 Å². The molecule has 8 heteroatoms. The van der Waals surface area contributed by atoms with Gasteiger partial charge in [-0.25, -0.2) is 0 Å². The van der Waals surface area contributed by atoms with Crippen LogP contribution >= 0.6 is 23.7 Å². The summed E-state index contributed by atoms with van der Waals surface area (Å²) in [6, 6.07) is 7.71. The Balaban J connectivity index is 0.00000240. The Hall–Kier alpha value is -1.80. The number of hydrogen-bond acceptors (Lipinski definition) is 6. The van der Waals surface area contributed by atoms with Crippen molar-refractivity contribution in [1.29, 1.82) is 0 Å². The topological polar surface area (TPSA) is 68.8 Å². The monoisotopic (exact) mass is 438 g/mol. The highest BCUT2D eigenvalue weighted by Gasteiger charge is 2.40. The van der Waals surface area contributed by atoms with Gasteiger partial charge in [-0.1, -0.05) is 6.07 Å². The molecule has 1 spiro atoms. The molecule has 6 nitrogen and oxygen atoms in total. The predicted molar refractivity (Wildman–Crippen MR) is 116 cm³/mol. The molecule has 29 heavy (non-hydrogen) atoms. The summed E-state index contributed by atoms with van der Waals surface area (Å²) in [5.74, 6) is 1.29. The number of methoxy groups -OCH3 is 2. The summed E-state index contributed by atoms with van der Waals surface area (Å²) in [6.45, 7) is 3.08. The lowest BCUT2D eigenvalue weighted by molar-refractivity contribution is -0.0792. The molecule has 1 fully saturated rings. The van der Waals surface area contributed by atoms with Crippen molar-refractivity contribution in [3.8, 4) is 11.5 Å². The lowest BCUT2D eigenvalue weighted by Crippen LogP contribution is -2.44. The van der Waals surface area contributed by atoms with Crippen LogP contribution in [0.1, 0.15) is 38.5 Å². The van der Waals surface area contributed by atoms with E-state index in [0.717, 1.165) is 49.4 Å². The number of nitrogens with one attached hydrogen (secondary N) is 2. The maximum atomic E-state index is 12.8. The van der Waals surface area contributed by atoms with Crippen molar-refractivity contribution in [2.45, 2.75) is 31.4 Å². The third kappa shape index (κ3) is 4.38. The Morgan fingerprint density at radius 2 is 1.97 bits per heavy atom. The maximum absolute atomic E-state index is 12.8. The number of fused-ring (bicyclic) bond motifs is 2. The lowest BCUT2D eigenvalue weighted by Gasteiger charge is -2.40. The molecule has 1 saturated heterocycles. The highest BCUT2D eigenvalue weighted by atomic mass is 35.5. The zero-order valence-electron chi connectivity index (χ0n) is 16.7. The fourth-order valence-electron chi connectivity index (χ4n) is 4.03. The zero-order chi connectivity index (χ0) is 19.6. The number of hydrogen-bond donors (Lipinski definition) is 2. The lowest BCUT2D eigenvalue weighted by atomic mass is 9.83. The number of piperidine rings is 1. The van der Waals surface area contributed by atoms with Crippen molar-refractivity contribution >= 4 is 29.7 Å². The van der Waals surface area contributed by atoms with E-state index in [0.29, 0.717) is 18.0 Å². The van der Waals surface area contributed by atoms with Crippen molar-refractivity contribution < 1.29 is 19.0 Å². The average molecular weight is 439 g/mol. The van der Waals surface area contributed by atoms with Crippen LogP contribution < -0.4 is 20.1 Å². The summed E-state index contributed by atoms with van der Waals surface area (Å²) in [6.07, 6.45) is 2.81. The van der Waals surface area contributed by atoms with Gasteiger partial charge in [0.15, 0.2) is 11.5 Å². The van der Waals surface area contributed by atoms with E-state index in [2.05, 4.69) is 16.7 Å². The third-order valence-electron chi connectivity index (χ3n) is 5.54. The normalized spacial score (nSPS) is 17.2. The van der Waals surface area contributed by atoms with Crippen molar-refractivity contribution in [2.75, 3.05) is 33.9 Å². The minimum absolute atomic E-state index is 0. The molecule has 4 rings (SSSR count). The van der Waals surface area contributed by atoms with Gasteiger partial charge in [0.1, 0.15) is 0 Å². The average Bonchev–Trinajstić information content (AvgIpc) is 3.18. The van der Waals surface area contributed by atoms with Gasteiger partial charge in [-0.15, -0.1) is 23.7 Å². The first-order valence-electron chi connectivity index (χ1n) is 9.62. The standard InChI is InChI=1S/C21H26N2O4S.ClH/c1-25-16-4-3-14(11-17(16)26-2)13-23-20(24)19-12-15-18(28-19)5-10-27-21(15)6-8-22-9-7-21;/h3-4,11-12,22H,5-10,13H2,1-2H3,(H,23,24);1H. The van der Waals surface area contributed by atoms with Crippen LogP contribution in [0.2, 0.25) is 0 Å². The van der Waals surface area contributed by atoms with Crippen LogP contribution in [0.4, 0.5) is 0 Å². The predicted octanol–water partition coefficient (Wildman–Crippen LogP) is 3.27. The summed E-state index contributed by atoms with van der Waals surface area (Å²) < 4.78 is 16.8. The zero-order valence-corrected chi connectivity index (χ0v) is 18.3. The Kier molecular flexibility index (Phi) is 7.05. The van der Waals surface area contributed by atoms with Gasteiger partial charge in [0.2, 0.25) is 0 Å². The molecule has 3 heterocycles. The van der Waals surface area contributed by atoms with E-state index in [9.17, 15) is 4.79 Å². The van der Waals surface area contributed by atoms with E-state index >= 15 is 0 Å². The van der Waals surface area contributed by atoms with Crippen molar-refractivity contribution in [2.24, 2.45) is 0 Å². The van der Waals surface area contributed by atoms with Gasteiger partial charge >= 0.3 is 0 Å². The van der Waals surface area contributed by atoms with E-state index in [-0.39, 0.29) is 23.9 Å². The van der Waals surface area contributed by atoms with Gasteiger partial charge in [-0.3, -0.25) is 4.79 Å². The molecule has 2 aliphatic rings. The van der Waals surface area contributed by atoms with Gasteiger partial charge in [-0.2, -0.15) is 0 Å². The van der Waals surface area contributed by atoms with Crippen molar-refractivity contribution in [3.05, 3.63) is 45.1 Å². The molecule has 0 saturated carbocycles. The molecule has 0 atom stereocenters. The fourth-order valence-corrected chi connectivity index (χ4v) is 5.18. The number of ether oxygens (including phenoxy) is 3. The number of carbonyl (C=O) groups excluding carboxylic acids is 1. The minimum atomic E-state index is -0.211. The smallest absolute Gasteiger partial charge is 0.261 e. The molecule has 0 unspecified atom stereocenters. The first kappa shape index (κ1) is 21.9. The molecule has 1 amide bonds. The van der Waals surface area contributed by atoms with Crippen LogP contribution in [0.5, 0.6) is 11.5 Å². The largest absolute Gasteiger partial charge is 0.493 e. The second-order valence-electron chi connectivity index (χ2n) is 7.16. The summed E-state index contributed by atoms with van der Waals surface area (Å²) in [5, 5.41) is 6.42. The first-order chi connectivity index (χ1) is 13.6. The number of benzene rings is 1. The molecule has 0 bridgehead atoms. The summed E-state index contributed by atoms with van der Waals surface area (Å²) >= 11 is 1.60. The molecular formula is C21H27ClN2O4S. The van der Waals surface area contributed by atoms with Gasteiger partial charge in [0.25, 0.3) is 5.91 Å². The Labute approximate surface area is 181 Å². The third-order valence-corrected chi connectivity index (χ3v) is 6.74. The SMILES string of the molecule is COc1ccc(CNC(=O)c2cc3c(s2)CCOC32CCNCC2)cc1OC.Cl. The highest BCUT2D eigenvalue weighted by molar-refractivity contribution is 7.14. The highest BCUT2D eigenvalue weighted by Crippen LogP contribution is 2.43. The van der Waals surface area contributed by atoms with Crippen molar-refractivity contribution in [1.82, 2.24) is 10.6 Å². The van der Waals surface area contributed by atoms with E-state index in [1.165, 1.54) is 10.4 Å². The summed E-state index contributed by atoms with van der Waals surface area (Å²) in [4.78, 5) is 14.8. The summed E-state index contributed by atoms with van der Waals surface area (Å²) in [7, 11) is 3.21. The number of amides is 1. The Morgan fingerprint density at radius 1 is 1.21 bits per heavy atom. The number of rotatable bonds is 5. The second-order valence-corrected chi connectivity index (χ2v) is 8.30. The second kappa shape index (κ2) is 9.34. The van der Waals surface area contributed by atoms with Gasteiger partial charge in [0, 0.05) is 17.8 Å². The molecule has 0 aliphatic carbocycles. The first-order valence-corrected chi connectivity index (χ1v) is 10.4. The van der Waals surface area contributed by atoms with Crippen LogP contribution in [-0.2, 0) is 23.3 Å². The van der Waals surface area contributed by atoms with Gasteiger partial charge in [0.05, 0.1) is 31.3 Å². The van der Waals surface area contributed by atoms with Crippen molar-refractivity contribution in [3.63, 3.8) is 0 Å². The van der Waals surface area contributed by atoms with Crippen LogP contribution in [0.15, 0.2) is 24.3 Å². The molecule has 1 aromatic carbocycles. The molecule has 2 aliphatic heterocycles. The Morgan fingerprint density at radius 3 is 2.69 bits per heavy atom. The molecular weight excluding hydrogens is 412 g/mol. The van der Waals surface area contributed by atoms with Crippen LogP contribution in [0.25, 0.3) is 0 Å². The summed E-state index contributed by atoms with van der Waals surface area (Å²) in [5.41, 5.74) is 1.98. The fraction of sp³-hybridized carbons (Fsp3) is 0.476.